The van der Waals surface area contributed by atoms with Crippen LogP contribution in [-0.2, 0) is 24.3 Å². The van der Waals surface area contributed by atoms with Gasteiger partial charge >= 0.3 is 0 Å². The highest BCUT2D eigenvalue weighted by atomic mass is 16.5. The Balaban J connectivity index is 1.56. The smallest absolute Gasteiger partial charge is 0.176 e. The van der Waals surface area contributed by atoms with E-state index in [-0.39, 0.29) is 0 Å². The van der Waals surface area contributed by atoms with Crippen molar-refractivity contribution in [1.82, 2.24) is 20.1 Å². The largest absolute Gasteiger partial charge is 0.377 e. The molecule has 3 rings (SSSR count). The second-order valence-corrected chi connectivity index (χ2v) is 6.93. The summed E-state index contributed by atoms with van der Waals surface area (Å²) in [6.07, 6.45) is 6.19. The number of aryl methyl sites for hydroxylation is 1. The topological polar surface area (TPSA) is 52.0 Å². The van der Waals surface area contributed by atoms with Crippen molar-refractivity contribution >= 4 is 0 Å². The van der Waals surface area contributed by atoms with Crippen molar-refractivity contribution < 1.29 is 4.74 Å². The Morgan fingerprint density at radius 2 is 2.05 bits per heavy atom. The molecule has 0 radical (unpaired) electrons. The Morgan fingerprint density at radius 3 is 2.81 bits per heavy atom. The van der Waals surface area contributed by atoms with Gasteiger partial charge in [-0.25, -0.2) is 9.67 Å². The highest BCUT2D eigenvalue weighted by Crippen LogP contribution is 2.30. The van der Waals surface area contributed by atoms with Crippen molar-refractivity contribution in [1.29, 1.82) is 0 Å². The summed E-state index contributed by atoms with van der Waals surface area (Å²) in [5.74, 6) is 3.65. The second-order valence-electron chi connectivity index (χ2n) is 6.93. The van der Waals surface area contributed by atoms with Crippen LogP contribution in [0.2, 0.25) is 0 Å². The number of nitrogens with zero attached hydrogens (tertiary/aromatic N) is 3. The number of nitrogens with one attached hydrogen (secondary N) is 1. The molecular formula is C16H28N4O. The standard InChI is InChI=1S/C16H28N4O/c1-11-4-5-13(8-12(11)2)17-14-6-7-16-18-15(10-21-3)19-20(16)9-14/h11-14,17H,4-10H2,1-3H3/t11-,12+,13+,14+/m0/s1. The van der Waals surface area contributed by atoms with Crippen LogP contribution in [0.25, 0.3) is 0 Å². The van der Waals surface area contributed by atoms with Gasteiger partial charge in [0.1, 0.15) is 12.4 Å². The van der Waals surface area contributed by atoms with Gasteiger partial charge in [0.15, 0.2) is 5.82 Å². The van der Waals surface area contributed by atoms with Gasteiger partial charge in [-0.05, 0) is 37.5 Å². The van der Waals surface area contributed by atoms with Gasteiger partial charge in [0, 0.05) is 25.6 Å². The number of hydrogen-bond donors (Lipinski definition) is 1. The average Bonchev–Trinajstić information content (AvgIpc) is 2.85. The zero-order valence-corrected chi connectivity index (χ0v) is 13.5. The van der Waals surface area contributed by atoms with Gasteiger partial charge in [0.2, 0.25) is 0 Å². The van der Waals surface area contributed by atoms with Crippen LogP contribution in [0.1, 0.15) is 51.2 Å². The van der Waals surface area contributed by atoms with Crippen LogP contribution in [0.3, 0.4) is 0 Å². The first kappa shape index (κ1) is 15.0. The molecule has 0 unspecified atom stereocenters. The first-order valence-corrected chi connectivity index (χ1v) is 8.33. The van der Waals surface area contributed by atoms with Crippen molar-refractivity contribution in [3.63, 3.8) is 0 Å². The number of ether oxygens (including phenoxy) is 1. The summed E-state index contributed by atoms with van der Waals surface area (Å²) in [6, 6.07) is 1.23. The molecule has 0 saturated heterocycles. The molecule has 5 heteroatoms. The van der Waals surface area contributed by atoms with E-state index in [2.05, 4.69) is 33.9 Å². The lowest BCUT2D eigenvalue weighted by atomic mass is 9.79. The Kier molecular flexibility index (Phi) is 4.60. The van der Waals surface area contributed by atoms with Crippen LogP contribution in [0.4, 0.5) is 0 Å². The third kappa shape index (κ3) is 3.46. The van der Waals surface area contributed by atoms with Gasteiger partial charge < -0.3 is 10.1 Å². The monoisotopic (exact) mass is 292 g/mol. The van der Waals surface area contributed by atoms with E-state index < -0.39 is 0 Å². The molecule has 0 bridgehead atoms. The summed E-state index contributed by atoms with van der Waals surface area (Å²) in [5, 5.41) is 8.42. The first-order chi connectivity index (χ1) is 10.2. The lowest BCUT2D eigenvalue weighted by Gasteiger charge is -2.36. The van der Waals surface area contributed by atoms with Crippen LogP contribution in [-0.4, -0.2) is 34.0 Å². The third-order valence-corrected chi connectivity index (χ3v) is 5.24. The predicted octanol–water partition coefficient (Wildman–Crippen LogP) is 2.15. The molecule has 0 spiro atoms. The summed E-state index contributed by atoms with van der Waals surface area (Å²) < 4.78 is 7.20. The molecule has 0 aromatic carbocycles. The Labute approximate surface area is 127 Å². The Bertz CT molecular complexity index is 473. The molecule has 118 valence electrons. The van der Waals surface area contributed by atoms with Crippen LogP contribution in [0.5, 0.6) is 0 Å². The van der Waals surface area contributed by atoms with Gasteiger partial charge in [-0.1, -0.05) is 13.8 Å². The second kappa shape index (κ2) is 6.44. The third-order valence-electron chi connectivity index (χ3n) is 5.24. The van der Waals surface area contributed by atoms with E-state index in [0.717, 1.165) is 36.5 Å². The Morgan fingerprint density at radius 1 is 1.19 bits per heavy atom. The van der Waals surface area contributed by atoms with E-state index in [9.17, 15) is 0 Å². The number of hydrogen-bond acceptors (Lipinski definition) is 4. The van der Waals surface area contributed by atoms with Crippen molar-refractivity contribution in [3.8, 4) is 0 Å². The van der Waals surface area contributed by atoms with E-state index in [0.29, 0.717) is 18.7 Å². The molecule has 5 nitrogen and oxygen atoms in total. The molecule has 1 aliphatic carbocycles. The summed E-state index contributed by atoms with van der Waals surface area (Å²) in [4.78, 5) is 4.54. The molecule has 2 aliphatic rings. The molecule has 0 amide bonds. The van der Waals surface area contributed by atoms with E-state index >= 15 is 0 Å². The molecule has 1 fully saturated rings. The number of fused-ring (bicyclic) bond motifs is 1. The summed E-state index contributed by atoms with van der Waals surface area (Å²) in [7, 11) is 1.69. The van der Waals surface area contributed by atoms with E-state index in [1.165, 1.54) is 25.7 Å². The normalized spacial score (nSPS) is 32.9. The fourth-order valence-corrected chi connectivity index (χ4v) is 3.72. The van der Waals surface area contributed by atoms with Crippen molar-refractivity contribution in [2.45, 2.75) is 71.2 Å². The maximum atomic E-state index is 5.12. The van der Waals surface area contributed by atoms with Crippen molar-refractivity contribution in [2.75, 3.05) is 7.11 Å². The van der Waals surface area contributed by atoms with E-state index in [1.807, 2.05) is 0 Å². The van der Waals surface area contributed by atoms with Crippen LogP contribution in [0.15, 0.2) is 0 Å². The zero-order valence-electron chi connectivity index (χ0n) is 13.5. The highest BCUT2D eigenvalue weighted by Gasteiger charge is 2.28. The van der Waals surface area contributed by atoms with Gasteiger partial charge in [0.05, 0.1) is 6.54 Å². The van der Waals surface area contributed by atoms with Crippen molar-refractivity contribution in [3.05, 3.63) is 11.6 Å². The maximum absolute atomic E-state index is 5.12. The van der Waals surface area contributed by atoms with Crippen LogP contribution >= 0.6 is 0 Å². The SMILES string of the molecule is COCc1nc2n(n1)C[C@H](N[C@@H]1CC[C@H](C)[C@H](C)C1)CC2. The molecule has 2 heterocycles. The predicted molar refractivity (Wildman–Crippen MR) is 81.9 cm³/mol. The van der Waals surface area contributed by atoms with Gasteiger partial charge in [0.25, 0.3) is 0 Å². The van der Waals surface area contributed by atoms with Gasteiger partial charge in [-0.2, -0.15) is 5.10 Å². The molecule has 21 heavy (non-hydrogen) atoms. The zero-order chi connectivity index (χ0) is 14.8. The van der Waals surface area contributed by atoms with E-state index in [4.69, 9.17) is 4.74 Å². The quantitative estimate of drug-likeness (QED) is 0.924. The number of aromatic nitrogens is 3. The maximum Gasteiger partial charge on any atom is 0.176 e. The lowest BCUT2D eigenvalue weighted by Crippen LogP contribution is -2.46. The minimum Gasteiger partial charge on any atom is -0.377 e. The van der Waals surface area contributed by atoms with Crippen molar-refractivity contribution in [2.24, 2.45) is 11.8 Å². The average molecular weight is 292 g/mol. The highest BCUT2D eigenvalue weighted by molar-refractivity contribution is 4.98. The summed E-state index contributed by atoms with van der Waals surface area (Å²) in [5.41, 5.74) is 0. The summed E-state index contributed by atoms with van der Waals surface area (Å²) in [6.45, 7) is 6.25. The number of rotatable bonds is 4. The van der Waals surface area contributed by atoms with Crippen LogP contribution in [0, 0.1) is 11.8 Å². The molecule has 1 aromatic rings. The molecule has 4 atom stereocenters. The minimum absolute atomic E-state index is 0.510. The lowest BCUT2D eigenvalue weighted by molar-refractivity contribution is 0.177. The summed E-state index contributed by atoms with van der Waals surface area (Å²) >= 11 is 0. The van der Waals surface area contributed by atoms with Crippen LogP contribution < -0.4 is 5.32 Å². The molecule has 1 aromatic heterocycles. The molecule has 1 N–H and O–H groups in total. The fourth-order valence-electron chi connectivity index (χ4n) is 3.72. The minimum atomic E-state index is 0.510. The molecular weight excluding hydrogens is 264 g/mol. The van der Waals surface area contributed by atoms with Gasteiger partial charge in [-0.3, -0.25) is 0 Å². The van der Waals surface area contributed by atoms with Gasteiger partial charge in [-0.15, -0.1) is 0 Å². The first-order valence-electron chi connectivity index (χ1n) is 8.33. The number of methoxy groups -OCH3 is 1. The Hall–Kier alpha value is -0.940. The molecule has 1 aliphatic heterocycles. The molecule has 1 saturated carbocycles. The van der Waals surface area contributed by atoms with E-state index in [1.54, 1.807) is 7.11 Å². The fraction of sp³-hybridized carbons (Fsp3) is 0.875.